The van der Waals surface area contributed by atoms with Gasteiger partial charge in [-0.05, 0) is 18.2 Å². The van der Waals surface area contributed by atoms with Crippen molar-refractivity contribution >= 4 is 17.5 Å². The topological polar surface area (TPSA) is 43.8 Å². The number of benzene rings is 1. The average Bonchev–Trinajstić information content (AvgIpc) is 2.40. The molecular formula is C13H14ClF3N2O2. The molecule has 1 saturated heterocycles. The first-order valence-corrected chi connectivity index (χ1v) is 6.71. The Morgan fingerprint density at radius 3 is 2.43 bits per heavy atom. The van der Waals surface area contributed by atoms with Crippen LogP contribution in [0.5, 0.6) is 5.75 Å². The molecule has 116 valence electrons. The van der Waals surface area contributed by atoms with Crippen LogP contribution in [0, 0.1) is 0 Å². The number of carbonyl (C=O) groups excluding carboxylic acids is 1. The van der Waals surface area contributed by atoms with E-state index in [1.54, 1.807) is 0 Å². The van der Waals surface area contributed by atoms with Gasteiger partial charge in [0.15, 0.2) is 0 Å². The van der Waals surface area contributed by atoms with Crippen molar-refractivity contribution in [2.45, 2.75) is 6.18 Å². The van der Waals surface area contributed by atoms with Gasteiger partial charge >= 0.3 is 6.18 Å². The van der Waals surface area contributed by atoms with Crippen LogP contribution in [-0.4, -0.2) is 59.7 Å². The quantitative estimate of drug-likeness (QED) is 0.909. The third-order valence-corrected chi connectivity index (χ3v) is 3.49. The van der Waals surface area contributed by atoms with E-state index in [4.69, 9.17) is 11.6 Å². The van der Waals surface area contributed by atoms with E-state index in [0.717, 1.165) is 0 Å². The van der Waals surface area contributed by atoms with Gasteiger partial charge in [0.25, 0.3) is 5.91 Å². The van der Waals surface area contributed by atoms with E-state index in [-0.39, 0.29) is 37.5 Å². The van der Waals surface area contributed by atoms with Crippen LogP contribution in [-0.2, 0) is 0 Å². The molecular weight excluding hydrogens is 309 g/mol. The molecule has 0 saturated carbocycles. The van der Waals surface area contributed by atoms with E-state index in [1.807, 2.05) is 0 Å². The summed E-state index contributed by atoms with van der Waals surface area (Å²) in [5, 5.41) is 9.99. The van der Waals surface area contributed by atoms with Crippen LogP contribution in [0.2, 0.25) is 5.02 Å². The molecule has 0 bridgehead atoms. The monoisotopic (exact) mass is 322 g/mol. The van der Waals surface area contributed by atoms with Gasteiger partial charge in [-0.15, -0.1) is 0 Å². The standard InChI is InChI=1S/C13H14ClF3N2O2/c14-9-1-2-11(20)10(7-9)12(21)19-5-3-18(4-6-19)8-13(15,16)17/h1-2,7,20H,3-6,8H2. The molecule has 21 heavy (non-hydrogen) atoms. The lowest BCUT2D eigenvalue weighted by molar-refractivity contribution is -0.148. The second kappa shape index (κ2) is 6.11. The second-order valence-electron chi connectivity index (χ2n) is 4.84. The first kappa shape index (κ1) is 15.9. The van der Waals surface area contributed by atoms with Crippen LogP contribution in [0.15, 0.2) is 18.2 Å². The number of piperazine rings is 1. The molecule has 1 aromatic rings. The number of nitrogens with zero attached hydrogens (tertiary/aromatic N) is 2. The highest BCUT2D eigenvalue weighted by Gasteiger charge is 2.33. The Morgan fingerprint density at radius 1 is 1.24 bits per heavy atom. The molecule has 1 fully saturated rings. The second-order valence-corrected chi connectivity index (χ2v) is 5.28. The molecule has 0 atom stereocenters. The highest BCUT2D eigenvalue weighted by atomic mass is 35.5. The SMILES string of the molecule is O=C(c1cc(Cl)ccc1O)N1CCN(CC(F)(F)F)CC1. The number of phenols is 1. The average molecular weight is 323 g/mol. The van der Waals surface area contributed by atoms with Crippen molar-refractivity contribution in [2.24, 2.45) is 0 Å². The molecule has 2 rings (SSSR count). The Labute approximate surface area is 124 Å². The third kappa shape index (κ3) is 4.25. The smallest absolute Gasteiger partial charge is 0.401 e. The largest absolute Gasteiger partial charge is 0.507 e. The lowest BCUT2D eigenvalue weighted by Crippen LogP contribution is -2.50. The first-order chi connectivity index (χ1) is 9.76. The number of carbonyl (C=O) groups is 1. The fraction of sp³-hybridized carbons (Fsp3) is 0.462. The van der Waals surface area contributed by atoms with E-state index in [1.165, 1.54) is 28.0 Å². The zero-order valence-electron chi connectivity index (χ0n) is 11.0. The van der Waals surface area contributed by atoms with Gasteiger partial charge in [-0.1, -0.05) is 11.6 Å². The Kier molecular flexibility index (Phi) is 4.63. The first-order valence-electron chi connectivity index (χ1n) is 6.33. The molecule has 0 unspecified atom stereocenters. The fourth-order valence-electron chi connectivity index (χ4n) is 2.21. The third-order valence-electron chi connectivity index (χ3n) is 3.25. The van der Waals surface area contributed by atoms with Gasteiger partial charge < -0.3 is 10.0 Å². The van der Waals surface area contributed by atoms with Crippen molar-refractivity contribution in [2.75, 3.05) is 32.7 Å². The van der Waals surface area contributed by atoms with Crippen LogP contribution >= 0.6 is 11.6 Å². The molecule has 0 spiro atoms. The Balaban J connectivity index is 1.99. The minimum Gasteiger partial charge on any atom is -0.507 e. The summed E-state index contributed by atoms with van der Waals surface area (Å²) in [6.07, 6.45) is -4.24. The number of phenolic OH excluding ortho intramolecular Hbond substituents is 1. The van der Waals surface area contributed by atoms with Gasteiger partial charge in [-0.25, -0.2) is 0 Å². The predicted molar refractivity (Wildman–Crippen MR) is 71.5 cm³/mol. The van der Waals surface area contributed by atoms with Crippen molar-refractivity contribution in [3.63, 3.8) is 0 Å². The van der Waals surface area contributed by atoms with Crippen LogP contribution < -0.4 is 0 Å². The number of amides is 1. The van der Waals surface area contributed by atoms with E-state index >= 15 is 0 Å². The van der Waals surface area contributed by atoms with Gasteiger partial charge in [0.1, 0.15) is 5.75 Å². The van der Waals surface area contributed by atoms with E-state index in [2.05, 4.69) is 0 Å². The van der Waals surface area contributed by atoms with Gasteiger partial charge in [-0.2, -0.15) is 13.2 Å². The van der Waals surface area contributed by atoms with Crippen molar-refractivity contribution in [3.8, 4) is 5.75 Å². The summed E-state index contributed by atoms with van der Waals surface area (Å²) in [6, 6.07) is 4.12. The van der Waals surface area contributed by atoms with Gasteiger partial charge in [-0.3, -0.25) is 9.69 Å². The number of hydrogen-bond acceptors (Lipinski definition) is 3. The molecule has 1 N–H and O–H groups in total. The Hall–Kier alpha value is -1.47. The van der Waals surface area contributed by atoms with Crippen LogP contribution in [0.25, 0.3) is 0 Å². The summed E-state index contributed by atoms with van der Waals surface area (Å²) < 4.78 is 36.9. The van der Waals surface area contributed by atoms with Crippen LogP contribution in [0.4, 0.5) is 13.2 Å². The molecule has 0 radical (unpaired) electrons. The lowest BCUT2D eigenvalue weighted by atomic mass is 10.1. The van der Waals surface area contributed by atoms with Crippen molar-refractivity contribution in [1.82, 2.24) is 9.80 Å². The summed E-state index contributed by atoms with van der Waals surface area (Å²) in [4.78, 5) is 14.9. The summed E-state index contributed by atoms with van der Waals surface area (Å²) in [5.41, 5.74) is 0.0618. The zero-order chi connectivity index (χ0) is 15.6. The molecule has 1 aliphatic heterocycles. The number of halogens is 4. The highest BCUT2D eigenvalue weighted by molar-refractivity contribution is 6.31. The van der Waals surface area contributed by atoms with Gasteiger partial charge in [0, 0.05) is 31.2 Å². The van der Waals surface area contributed by atoms with Gasteiger partial charge in [0.05, 0.1) is 12.1 Å². The molecule has 0 aromatic heterocycles. The van der Waals surface area contributed by atoms with Crippen LogP contribution in [0.1, 0.15) is 10.4 Å². The minimum atomic E-state index is -4.24. The van der Waals surface area contributed by atoms with Gasteiger partial charge in [0.2, 0.25) is 0 Å². The van der Waals surface area contributed by atoms with E-state index in [0.29, 0.717) is 5.02 Å². The maximum Gasteiger partial charge on any atom is 0.401 e. The van der Waals surface area contributed by atoms with Crippen molar-refractivity contribution < 1.29 is 23.1 Å². The maximum atomic E-state index is 12.3. The molecule has 1 aliphatic rings. The van der Waals surface area contributed by atoms with E-state index < -0.39 is 18.6 Å². The Morgan fingerprint density at radius 2 is 1.86 bits per heavy atom. The number of hydrogen-bond donors (Lipinski definition) is 1. The van der Waals surface area contributed by atoms with Crippen LogP contribution in [0.3, 0.4) is 0 Å². The summed E-state index contributed by atoms with van der Waals surface area (Å²) in [7, 11) is 0. The Bertz CT molecular complexity index is 529. The minimum absolute atomic E-state index is 0.0618. The molecule has 0 aliphatic carbocycles. The summed E-state index contributed by atoms with van der Waals surface area (Å²) in [6.45, 7) is -0.321. The fourth-order valence-corrected chi connectivity index (χ4v) is 2.38. The predicted octanol–water partition coefficient (Wildman–Crippen LogP) is 2.37. The number of alkyl halides is 3. The molecule has 8 heteroatoms. The zero-order valence-corrected chi connectivity index (χ0v) is 11.8. The summed E-state index contributed by atoms with van der Waals surface area (Å²) in [5.74, 6) is -0.622. The normalized spacial score (nSPS) is 17.0. The van der Waals surface area contributed by atoms with Crippen molar-refractivity contribution in [1.29, 1.82) is 0 Å². The maximum absolute atomic E-state index is 12.3. The highest BCUT2D eigenvalue weighted by Crippen LogP contribution is 2.24. The molecule has 1 aromatic carbocycles. The lowest BCUT2D eigenvalue weighted by Gasteiger charge is -2.35. The molecule has 4 nitrogen and oxygen atoms in total. The number of aromatic hydroxyl groups is 1. The molecule has 1 heterocycles. The summed E-state index contributed by atoms with van der Waals surface area (Å²) >= 11 is 5.78. The van der Waals surface area contributed by atoms with Crippen molar-refractivity contribution in [3.05, 3.63) is 28.8 Å². The molecule has 1 amide bonds. The van der Waals surface area contributed by atoms with E-state index in [9.17, 15) is 23.1 Å². The number of rotatable bonds is 2.